The number of carbonyl (C=O) groups is 3. The van der Waals surface area contributed by atoms with Gasteiger partial charge in [-0.15, -0.1) is 0 Å². The molecule has 0 bridgehead atoms. The Bertz CT molecular complexity index is 422. The van der Waals surface area contributed by atoms with Gasteiger partial charge in [0.1, 0.15) is 0 Å². The Morgan fingerprint density at radius 2 is 1.31 bits per heavy atom. The van der Waals surface area contributed by atoms with Crippen molar-refractivity contribution in [2.75, 3.05) is 6.61 Å². The van der Waals surface area contributed by atoms with Gasteiger partial charge in [-0.1, -0.05) is 0 Å². The van der Waals surface area contributed by atoms with Gasteiger partial charge in [-0.05, 0) is 64.7 Å². The number of hydrogen-bond acceptors (Lipinski definition) is 6. The molecule has 0 amide bonds. The van der Waals surface area contributed by atoms with Crippen molar-refractivity contribution >= 4 is 17.9 Å². The standard InChI is InChI=1S/C14H17O6.C5H5.Fe/c1-4-18-14(17)13(20-10(3)16)12(19-9(2)15)11-7-5-6-8-11;1-2-4-5-3-1;/h5-8,12-13H,4H2,1-3H3;1-5H;/q;;+2/t12-,13+;;/m1../s1. The zero-order chi connectivity index (χ0) is 18.7. The van der Waals surface area contributed by atoms with E-state index in [2.05, 4.69) is 0 Å². The van der Waals surface area contributed by atoms with E-state index < -0.39 is 30.1 Å². The van der Waals surface area contributed by atoms with Crippen molar-refractivity contribution in [3.8, 4) is 0 Å². The Balaban J connectivity index is 0.000000893. The first-order valence-corrected chi connectivity index (χ1v) is 7.85. The number of esters is 3. The van der Waals surface area contributed by atoms with Crippen molar-refractivity contribution in [2.24, 2.45) is 0 Å². The van der Waals surface area contributed by atoms with Crippen molar-refractivity contribution in [2.45, 2.75) is 33.0 Å². The molecule has 0 unspecified atom stereocenters. The molecule has 2 saturated carbocycles. The molecular formula is C19H22FeO6+2. The van der Waals surface area contributed by atoms with Crippen LogP contribution in [0.3, 0.4) is 0 Å². The van der Waals surface area contributed by atoms with Crippen LogP contribution in [0.15, 0.2) is 0 Å². The first-order chi connectivity index (χ1) is 12.0. The molecule has 2 atom stereocenters. The largest absolute Gasteiger partial charge is 2.00 e. The van der Waals surface area contributed by atoms with Gasteiger partial charge in [0.05, 0.1) is 6.61 Å². The van der Waals surface area contributed by atoms with Gasteiger partial charge in [0.15, 0.2) is 6.10 Å². The summed E-state index contributed by atoms with van der Waals surface area (Å²) in [5, 5.41) is 0. The Morgan fingerprint density at radius 1 is 0.846 bits per heavy atom. The van der Waals surface area contributed by atoms with Gasteiger partial charge in [-0.25, -0.2) is 4.79 Å². The van der Waals surface area contributed by atoms with Crippen LogP contribution >= 0.6 is 0 Å². The minimum atomic E-state index is -1.32. The van der Waals surface area contributed by atoms with Crippen LogP contribution in [-0.2, 0) is 45.7 Å². The van der Waals surface area contributed by atoms with E-state index in [4.69, 9.17) is 14.2 Å². The second-order valence-corrected chi connectivity index (χ2v) is 4.99. The van der Waals surface area contributed by atoms with Crippen LogP contribution in [0.5, 0.6) is 0 Å². The average molecular weight is 402 g/mol. The van der Waals surface area contributed by atoms with Gasteiger partial charge >= 0.3 is 35.0 Å². The second-order valence-electron chi connectivity index (χ2n) is 4.99. The Labute approximate surface area is 167 Å². The maximum absolute atomic E-state index is 11.9. The fourth-order valence-electron chi connectivity index (χ4n) is 2.02. The van der Waals surface area contributed by atoms with Gasteiger partial charge in [0.2, 0.25) is 6.10 Å². The molecule has 0 spiro atoms. The average Bonchev–Trinajstić information content (AvgIpc) is 3.25. The van der Waals surface area contributed by atoms with Crippen molar-refractivity contribution in [3.63, 3.8) is 0 Å². The van der Waals surface area contributed by atoms with Crippen molar-refractivity contribution in [1.29, 1.82) is 0 Å². The molecule has 2 aliphatic rings. The molecule has 0 saturated heterocycles. The topological polar surface area (TPSA) is 78.9 Å². The molecule has 0 aromatic carbocycles. The van der Waals surface area contributed by atoms with E-state index in [9.17, 15) is 14.4 Å². The molecule has 0 aromatic heterocycles. The monoisotopic (exact) mass is 402 g/mol. The maximum Gasteiger partial charge on any atom is 2.00 e. The van der Waals surface area contributed by atoms with Crippen molar-refractivity contribution in [3.05, 3.63) is 63.7 Å². The van der Waals surface area contributed by atoms with E-state index in [-0.39, 0.29) is 23.7 Å². The van der Waals surface area contributed by atoms with Crippen LogP contribution < -0.4 is 0 Å². The number of carbonyl (C=O) groups excluding carboxylic acids is 3. The molecule has 26 heavy (non-hydrogen) atoms. The third kappa shape index (κ3) is 9.58. The number of ether oxygens (including phenoxy) is 3. The molecule has 6 nitrogen and oxygen atoms in total. The van der Waals surface area contributed by atoms with Crippen LogP contribution in [0.4, 0.5) is 0 Å². The summed E-state index contributed by atoms with van der Waals surface area (Å²) in [6.45, 7) is 4.14. The Morgan fingerprint density at radius 3 is 1.69 bits per heavy atom. The van der Waals surface area contributed by atoms with Gasteiger partial charge in [0, 0.05) is 19.8 Å². The van der Waals surface area contributed by atoms with Crippen LogP contribution in [0, 0.1) is 63.7 Å². The fraction of sp³-hybridized carbons (Fsp3) is 0.316. The predicted octanol–water partition coefficient (Wildman–Crippen LogP) is 1.84. The summed E-state index contributed by atoms with van der Waals surface area (Å²) in [5.41, 5.74) is 0. The Hall–Kier alpha value is -1.07. The van der Waals surface area contributed by atoms with E-state index in [0.29, 0.717) is 5.92 Å². The summed E-state index contributed by atoms with van der Waals surface area (Å²) >= 11 is 0. The van der Waals surface area contributed by atoms with Gasteiger partial charge in [0.25, 0.3) is 0 Å². The summed E-state index contributed by atoms with van der Waals surface area (Å²) in [6, 6.07) is 0. The predicted molar refractivity (Wildman–Crippen MR) is 89.7 cm³/mol. The third-order valence-corrected chi connectivity index (χ3v) is 2.95. The second kappa shape index (κ2) is 14.0. The molecule has 2 aliphatic carbocycles. The Kier molecular flexibility index (Phi) is 13.5. The molecule has 140 valence electrons. The zero-order valence-electron chi connectivity index (χ0n) is 14.9. The minimum absolute atomic E-state index is 0. The summed E-state index contributed by atoms with van der Waals surface area (Å²) in [5.74, 6) is -1.45. The summed E-state index contributed by atoms with van der Waals surface area (Å²) in [4.78, 5) is 34.3. The number of hydrogen-bond donors (Lipinski definition) is 0. The third-order valence-electron chi connectivity index (χ3n) is 2.95. The van der Waals surface area contributed by atoms with Gasteiger partial charge < -0.3 is 14.2 Å². The molecule has 0 heterocycles. The van der Waals surface area contributed by atoms with E-state index in [1.165, 1.54) is 13.8 Å². The molecule has 0 aromatic rings. The zero-order valence-corrected chi connectivity index (χ0v) is 16.0. The van der Waals surface area contributed by atoms with Crippen LogP contribution in [0.25, 0.3) is 0 Å². The van der Waals surface area contributed by atoms with Crippen molar-refractivity contribution in [1.82, 2.24) is 0 Å². The maximum atomic E-state index is 11.9. The van der Waals surface area contributed by atoms with E-state index in [1.54, 1.807) is 32.6 Å². The molecule has 2 fully saturated rings. The quantitative estimate of drug-likeness (QED) is 0.383. The van der Waals surface area contributed by atoms with E-state index in [1.807, 2.05) is 32.1 Å². The molecule has 2 rings (SSSR count). The first-order valence-electron chi connectivity index (χ1n) is 7.85. The SMILES string of the molecule is CCOC(=O)[C@@H](OC(C)=O)[C@H](OC(C)=O)[C]1[CH][CH][CH][CH]1.[CH]1[CH][CH][CH][CH]1.[Fe+2]. The normalized spacial score (nSPS) is 18.6. The van der Waals surface area contributed by atoms with Gasteiger partial charge in [-0.3, -0.25) is 9.59 Å². The summed E-state index contributed by atoms with van der Waals surface area (Å²) < 4.78 is 14.9. The van der Waals surface area contributed by atoms with Crippen molar-refractivity contribution < 1.29 is 45.7 Å². The number of rotatable bonds is 6. The molecule has 0 N–H and O–H groups in total. The fourth-order valence-corrected chi connectivity index (χ4v) is 2.02. The summed E-state index contributed by atoms with van der Waals surface area (Å²) in [6.07, 6.45) is 14.4. The smallest absolute Gasteiger partial charge is 0.463 e. The first kappa shape index (κ1) is 24.9. The van der Waals surface area contributed by atoms with Gasteiger partial charge in [-0.2, -0.15) is 0 Å². The van der Waals surface area contributed by atoms with E-state index >= 15 is 0 Å². The van der Waals surface area contributed by atoms with Crippen LogP contribution in [-0.4, -0.2) is 36.7 Å². The van der Waals surface area contributed by atoms with Crippen LogP contribution in [0.2, 0.25) is 0 Å². The van der Waals surface area contributed by atoms with E-state index in [0.717, 1.165) is 0 Å². The molecule has 10 radical (unpaired) electrons. The minimum Gasteiger partial charge on any atom is -0.463 e. The molecule has 0 aliphatic heterocycles. The van der Waals surface area contributed by atoms with Crippen LogP contribution in [0.1, 0.15) is 20.8 Å². The molecule has 7 heteroatoms. The summed E-state index contributed by atoms with van der Waals surface area (Å²) in [7, 11) is 0. The molecular weight excluding hydrogens is 380 g/mol.